The van der Waals surface area contributed by atoms with Gasteiger partial charge in [0.1, 0.15) is 0 Å². The first-order valence-corrected chi connectivity index (χ1v) is 11.2. The van der Waals surface area contributed by atoms with Crippen LogP contribution in [0.15, 0.2) is 29.3 Å². The molecule has 2 aliphatic rings. The van der Waals surface area contributed by atoms with Crippen molar-refractivity contribution < 1.29 is 14.3 Å². The fourth-order valence-electron chi connectivity index (χ4n) is 3.85. The highest BCUT2D eigenvalue weighted by molar-refractivity contribution is 14.0. The van der Waals surface area contributed by atoms with Gasteiger partial charge in [0.25, 0.3) is 5.91 Å². The number of carbonyl (C=O) groups is 1. The fourth-order valence-corrected chi connectivity index (χ4v) is 3.85. The number of carbonyl (C=O) groups excluding carboxylic acids is 1. The van der Waals surface area contributed by atoms with Crippen molar-refractivity contribution in [1.82, 2.24) is 15.5 Å². The van der Waals surface area contributed by atoms with Crippen LogP contribution >= 0.6 is 24.0 Å². The van der Waals surface area contributed by atoms with E-state index in [1.165, 1.54) is 6.42 Å². The first-order chi connectivity index (χ1) is 14.8. The van der Waals surface area contributed by atoms with E-state index in [0.29, 0.717) is 12.5 Å². The predicted octanol–water partition coefficient (Wildman–Crippen LogP) is 3.04. The number of hydrogen-bond donors (Lipinski definition) is 2. The molecule has 7 nitrogen and oxygen atoms in total. The third-order valence-electron chi connectivity index (χ3n) is 5.64. The zero-order valence-electron chi connectivity index (χ0n) is 18.6. The lowest BCUT2D eigenvalue weighted by atomic mass is 10.1. The summed E-state index contributed by atoms with van der Waals surface area (Å²) in [6, 6.07) is 7.88. The van der Waals surface area contributed by atoms with Gasteiger partial charge in [0.2, 0.25) is 0 Å². The monoisotopic (exact) mass is 544 g/mol. The number of guanidine groups is 1. The average molecular weight is 544 g/mol. The van der Waals surface area contributed by atoms with Crippen LogP contribution in [0, 0.1) is 5.92 Å². The van der Waals surface area contributed by atoms with Crippen molar-refractivity contribution in [2.45, 2.75) is 38.6 Å². The number of likely N-dealkylation sites (tertiary alicyclic amines) is 1. The van der Waals surface area contributed by atoms with E-state index in [9.17, 15) is 4.79 Å². The van der Waals surface area contributed by atoms with Crippen molar-refractivity contribution >= 4 is 35.8 Å². The van der Waals surface area contributed by atoms with Gasteiger partial charge in [-0.1, -0.05) is 12.1 Å². The molecule has 2 heterocycles. The largest absolute Gasteiger partial charge is 0.381 e. The van der Waals surface area contributed by atoms with Gasteiger partial charge in [-0.3, -0.25) is 9.79 Å². The second-order valence-electron chi connectivity index (χ2n) is 8.06. The molecule has 1 aromatic carbocycles. The van der Waals surface area contributed by atoms with E-state index in [-0.39, 0.29) is 29.9 Å². The SMILES string of the molecule is CN=C(NCCCOCC1CCOC1)NCc1cccc(C(=O)N2CCCCC2)c1.I. The lowest BCUT2D eigenvalue weighted by Crippen LogP contribution is -2.38. The minimum atomic E-state index is 0. The van der Waals surface area contributed by atoms with Gasteiger partial charge in [-0.05, 0) is 49.8 Å². The molecule has 0 aromatic heterocycles. The smallest absolute Gasteiger partial charge is 0.253 e. The van der Waals surface area contributed by atoms with Gasteiger partial charge in [-0.15, -0.1) is 24.0 Å². The second kappa shape index (κ2) is 14.6. The summed E-state index contributed by atoms with van der Waals surface area (Å²) in [5.74, 6) is 1.46. The molecule has 3 rings (SSSR count). The molecule has 2 fully saturated rings. The lowest BCUT2D eigenvalue weighted by molar-refractivity contribution is 0.0724. The quantitative estimate of drug-likeness (QED) is 0.217. The van der Waals surface area contributed by atoms with Crippen LogP contribution in [0.3, 0.4) is 0 Å². The van der Waals surface area contributed by atoms with E-state index in [0.717, 1.165) is 88.8 Å². The molecule has 1 amide bonds. The normalized spacial score (nSPS) is 19.1. The van der Waals surface area contributed by atoms with E-state index in [2.05, 4.69) is 15.6 Å². The number of benzene rings is 1. The Bertz CT molecular complexity index is 689. The predicted molar refractivity (Wildman–Crippen MR) is 134 cm³/mol. The standard InChI is InChI=1S/C23H36N4O3.HI/c1-24-23(25-10-6-13-29-17-20-9-14-30-18-20)26-16-19-7-5-8-21(15-19)22(28)27-11-3-2-4-12-27;/h5,7-8,15,20H,2-4,6,9-14,16-18H2,1H3,(H2,24,25,26);1H. The van der Waals surface area contributed by atoms with Crippen LogP contribution in [0.4, 0.5) is 0 Å². The van der Waals surface area contributed by atoms with Gasteiger partial charge in [-0.2, -0.15) is 0 Å². The summed E-state index contributed by atoms with van der Waals surface area (Å²) in [5.41, 5.74) is 1.84. The third-order valence-corrected chi connectivity index (χ3v) is 5.64. The molecule has 1 atom stereocenters. The van der Waals surface area contributed by atoms with Crippen molar-refractivity contribution in [2.75, 3.05) is 53.1 Å². The van der Waals surface area contributed by atoms with Gasteiger partial charge in [0.15, 0.2) is 5.96 Å². The Morgan fingerprint density at radius 1 is 1.26 bits per heavy atom. The first-order valence-electron chi connectivity index (χ1n) is 11.2. The zero-order valence-corrected chi connectivity index (χ0v) is 20.9. The van der Waals surface area contributed by atoms with Crippen molar-refractivity contribution in [2.24, 2.45) is 10.9 Å². The van der Waals surface area contributed by atoms with E-state index in [1.54, 1.807) is 7.05 Å². The highest BCUT2D eigenvalue weighted by Gasteiger charge is 2.18. The summed E-state index contributed by atoms with van der Waals surface area (Å²) < 4.78 is 11.1. The Hall–Kier alpha value is -1.39. The summed E-state index contributed by atoms with van der Waals surface area (Å²) >= 11 is 0. The van der Waals surface area contributed by atoms with Crippen LogP contribution in [0.5, 0.6) is 0 Å². The van der Waals surface area contributed by atoms with Crippen molar-refractivity contribution in [1.29, 1.82) is 0 Å². The van der Waals surface area contributed by atoms with E-state index < -0.39 is 0 Å². The Balaban J connectivity index is 0.00000341. The highest BCUT2D eigenvalue weighted by Crippen LogP contribution is 2.14. The van der Waals surface area contributed by atoms with Crippen LogP contribution in [0.2, 0.25) is 0 Å². The third kappa shape index (κ3) is 8.94. The Morgan fingerprint density at radius 3 is 2.84 bits per heavy atom. The van der Waals surface area contributed by atoms with Crippen LogP contribution < -0.4 is 10.6 Å². The maximum Gasteiger partial charge on any atom is 0.253 e. The van der Waals surface area contributed by atoms with Gasteiger partial charge < -0.3 is 25.0 Å². The number of halogens is 1. The van der Waals surface area contributed by atoms with Gasteiger partial charge in [0, 0.05) is 57.9 Å². The molecule has 2 aliphatic heterocycles. The zero-order chi connectivity index (χ0) is 21.0. The molecule has 0 spiro atoms. The molecule has 2 saturated heterocycles. The van der Waals surface area contributed by atoms with Gasteiger partial charge >= 0.3 is 0 Å². The fraction of sp³-hybridized carbons (Fsp3) is 0.652. The minimum absolute atomic E-state index is 0. The number of piperidine rings is 1. The Morgan fingerprint density at radius 2 is 2.10 bits per heavy atom. The molecule has 31 heavy (non-hydrogen) atoms. The molecule has 1 aromatic rings. The summed E-state index contributed by atoms with van der Waals surface area (Å²) in [5, 5.41) is 6.64. The summed E-state index contributed by atoms with van der Waals surface area (Å²) in [4.78, 5) is 19.0. The molecule has 0 bridgehead atoms. The van der Waals surface area contributed by atoms with Crippen LogP contribution in [0.25, 0.3) is 0 Å². The minimum Gasteiger partial charge on any atom is -0.381 e. The number of aliphatic imine (C=N–C) groups is 1. The highest BCUT2D eigenvalue weighted by atomic mass is 127. The summed E-state index contributed by atoms with van der Waals surface area (Å²) in [7, 11) is 1.77. The van der Waals surface area contributed by atoms with E-state index in [1.807, 2.05) is 29.2 Å². The molecular formula is C23H37IN4O3. The molecule has 0 aliphatic carbocycles. The average Bonchev–Trinajstić information content (AvgIpc) is 3.32. The molecule has 8 heteroatoms. The molecular weight excluding hydrogens is 507 g/mol. The Kier molecular flexibility index (Phi) is 12.2. The second-order valence-corrected chi connectivity index (χ2v) is 8.06. The van der Waals surface area contributed by atoms with E-state index >= 15 is 0 Å². The maximum atomic E-state index is 12.7. The number of ether oxygens (including phenoxy) is 2. The number of amides is 1. The lowest BCUT2D eigenvalue weighted by Gasteiger charge is -2.26. The summed E-state index contributed by atoms with van der Waals surface area (Å²) in [6.45, 7) is 6.40. The van der Waals surface area contributed by atoms with Gasteiger partial charge in [-0.25, -0.2) is 0 Å². The molecule has 2 N–H and O–H groups in total. The van der Waals surface area contributed by atoms with E-state index in [4.69, 9.17) is 9.47 Å². The van der Waals surface area contributed by atoms with Crippen LogP contribution in [0.1, 0.15) is 48.0 Å². The van der Waals surface area contributed by atoms with Gasteiger partial charge in [0.05, 0.1) is 13.2 Å². The molecule has 0 saturated carbocycles. The molecule has 0 radical (unpaired) electrons. The van der Waals surface area contributed by atoms with Crippen molar-refractivity contribution in [3.05, 3.63) is 35.4 Å². The number of hydrogen-bond acceptors (Lipinski definition) is 4. The number of nitrogens with one attached hydrogen (secondary N) is 2. The first kappa shape index (κ1) is 25.9. The van der Waals surface area contributed by atoms with Crippen LogP contribution in [-0.2, 0) is 16.0 Å². The topological polar surface area (TPSA) is 75.2 Å². The molecule has 1 unspecified atom stereocenters. The van der Waals surface area contributed by atoms with Crippen LogP contribution in [-0.4, -0.2) is 69.9 Å². The number of nitrogens with zero attached hydrogens (tertiary/aromatic N) is 2. The Labute approximate surface area is 203 Å². The maximum absolute atomic E-state index is 12.7. The van der Waals surface area contributed by atoms with Crippen molar-refractivity contribution in [3.63, 3.8) is 0 Å². The molecule has 174 valence electrons. The van der Waals surface area contributed by atoms with Crippen molar-refractivity contribution in [3.8, 4) is 0 Å². The summed E-state index contributed by atoms with van der Waals surface area (Å²) in [6.07, 6.45) is 5.47. The number of rotatable bonds is 9.